The van der Waals surface area contributed by atoms with Crippen LogP contribution in [-0.4, -0.2) is 40.2 Å². The summed E-state index contributed by atoms with van der Waals surface area (Å²) in [7, 11) is 0. The molecular formula is C25H24N4O5. The molecule has 2 aromatic heterocycles. The van der Waals surface area contributed by atoms with Gasteiger partial charge in [-0.1, -0.05) is 12.1 Å². The first-order valence-corrected chi connectivity index (χ1v) is 11.0. The SMILES string of the molecule is CCN(CC)c1c(N[C@@H](Cc2ccc(Oc3nccc4cnccc34)cc2)C(=O)O)c(=O)c1=O. The van der Waals surface area contributed by atoms with E-state index in [9.17, 15) is 19.5 Å². The number of hydrogen-bond donors (Lipinski definition) is 2. The molecule has 0 spiro atoms. The summed E-state index contributed by atoms with van der Waals surface area (Å²) in [6, 6.07) is 9.57. The first-order valence-electron chi connectivity index (χ1n) is 11.0. The van der Waals surface area contributed by atoms with Crippen molar-refractivity contribution in [3.05, 3.63) is 81.0 Å². The van der Waals surface area contributed by atoms with Crippen molar-refractivity contribution < 1.29 is 14.6 Å². The summed E-state index contributed by atoms with van der Waals surface area (Å²) < 4.78 is 5.92. The molecule has 9 nitrogen and oxygen atoms in total. The molecule has 0 saturated carbocycles. The maximum Gasteiger partial charge on any atom is 0.326 e. The monoisotopic (exact) mass is 460 g/mol. The van der Waals surface area contributed by atoms with E-state index in [1.54, 1.807) is 47.8 Å². The lowest BCUT2D eigenvalue weighted by Crippen LogP contribution is -2.45. The minimum absolute atomic E-state index is 0.0672. The summed E-state index contributed by atoms with van der Waals surface area (Å²) in [5.41, 5.74) is -0.227. The molecule has 0 amide bonds. The molecule has 174 valence electrons. The van der Waals surface area contributed by atoms with Crippen LogP contribution in [0, 0.1) is 0 Å². The number of nitrogens with zero attached hydrogens (tertiary/aromatic N) is 3. The van der Waals surface area contributed by atoms with Crippen molar-refractivity contribution >= 4 is 28.1 Å². The van der Waals surface area contributed by atoms with Crippen molar-refractivity contribution in [1.29, 1.82) is 0 Å². The first-order chi connectivity index (χ1) is 16.4. The Kier molecular flexibility index (Phi) is 6.53. The lowest BCUT2D eigenvalue weighted by Gasteiger charge is -2.26. The number of aromatic nitrogens is 2. The molecule has 2 heterocycles. The predicted octanol–water partition coefficient (Wildman–Crippen LogP) is 2.97. The summed E-state index contributed by atoms with van der Waals surface area (Å²) in [4.78, 5) is 46.2. The molecule has 0 bridgehead atoms. The number of fused-ring (bicyclic) bond motifs is 1. The van der Waals surface area contributed by atoms with Crippen LogP contribution in [0.5, 0.6) is 11.6 Å². The van der Waals surface area contributed by atoms with Crippen LogP contribution in [0.25, 0.3) is 10.8 Å². The molecule has 0 aliphatic carbocycles. The van der Waals surface area contributed by atoms with Gasteiger partial charge in [0.2, 0.25) is 5.88 Å². The van der Waals surface area contributed by atoms with Gasteiger partial charge in [0, 0.05) is 48.9 Å². The molecule has 0 aliphatic heterocycles. The van der Waals surface area contributed by atoms with Gasteiger partial charge in [-0.15, -0.1) is 0 Å². The fourth-order valence-electron chi connectivity index (χ4n) is 3.84. The molecule has 4 rings (SSSR count). The Bertz CT molecular complexity index is 1380. The van der Waals surface area contributed by atoms with Crippen molar-refractivity contribution in [2.45, 2.75) is 26.3 Å². The number of pyridine rings is 2. The van der Waals surface area contributed by atoms with Crippen molar-refractivity contribution in [3.8, 4) is 11.6 Å². The molecule has 2 aromatic carbocycles. The average Bonchev–Trinajstić information content (AvgIpc) is 2.86. The van der Waals surface area contributed by atoms with Gasteiger partial charge in [0.25, 0.3) is 10.9 Å². The fraction of sp³-hybridized carbons (Fsp3) is 0.240. The number of carboxylic acid groups (broad SMARTS) is 1. The van der Waals surface area contributed by atoms with E-state index in [1.165, 1.54) is 0 Å². The molecule has 4 aromatic rings. The minimum atomic E-state index is -1.12. The molecule has 1 atom stereocenters. The van der Waals surface area contributed by atoms with Gasteiger partial charge in [-0.3, -0.25) is 14.6 Å². The van der Waals surface area contributed by atoms with Crippen molar-refractivity contribution in [2.24, 2.45) is 0 Å². The Hall–Kier alpha value is -4.27. The van der Waals surface area contributed by atoms with Gasteiger partial charge in [-0.25, -0.2) is 9.78 Å². The highest BCUT2D eigenvalue weighted by Gasteiger charge is 2.29. The first kappa shape index (κ1) is 22.9. The normalized spacial score (nSPS) is 11.9. The highest BCUT2D eigenvalue weighted by molar-refractivity contribution is 5.86. The summed E-state index contributed by atoms with van der Waals surface area (Å²) in [5.74, 6) is -0.124. The molecule has 0 unspecified atom stereocenters. The molecule has 34 heavy (non-hydrogen) atoms. The number of carboxylic acids is 1. The topological polar surface area (TPSA) is 122 Å². The largest absolute Gasteiger partial charge is 0.480 e. The zero-order chi connectivity index (χ0) is 24.2. The van der Waals surface area contributed by atoms with Crippen LogP contribution in [0.2, 0.25) is 0 Å². The number of benzene rings is 1. The van der Waals surface area contributed by atoms with Gasteiger partial charge in [-0.05, 0) is 43.7 Å². The highest BCUT2D eigenvalue weighted by Crippen LogP contribution is 2.27. The second-order valence-electron chi connectivity index (χ2n) is 7.75. The zero-order valence-electron chi connectivity index (χ0n) is 18.8. The summed E-state index contributed by atoms with van der Waals surface area (Å²) in [5, 5.41) is 14.2. The number of rotatable bonds is 10. The van der Waals surface area contributed by atoms with E-state index in [4.69, 9.17) is 4.74 Å². The maximum atomic E-state index is 12.1. The second-order valence-corrected chi connectivity index (χ2v) is 7.75. The lowest BCUT2D eigenvalue weighted by molar-refractivity contribution is -0.137. The molecule has 0 saturated heterocycles. The Morgan fingerprint density at radius 2 is 1.79 bits per heavy atom. The van der Waals surface area contributed by atoms with Crippen LogP contribution < -0.4 is 25.8 Å². The zero-order valence-corrected chi connectivity index (χ0v) is 18.8. The van der Waals surface area contributed by atoms with Crippen molar-refractivity contribution in [3.63, 3.8) is 0 Å². The maximum absolute atomic E-state index is 12.1. The molecule has 0 fully saturated rings. The number of aliphatic carboxylic acids is 1. The minimum Gasteiger partial charge on any atom is -0.480 e. The second kappa shape index (κ2) is 9.70. The van der Waals surface area contributed by atoms with Crippen LogP contribution in [0.1, 0.15) is 19.4 Å². The third kappa shape index (κ3) is 4.45. The van der Waals surface area contributed by atoms with Crippen molar-refractivity contribution in [1.82, 2.24) is 9.97 Å². The van der Waals surface area contributed by atoms with Crippen LogP contribution in [0.4, 0.5) is 11.4 Å². The van der Waals surface area contributed by atoms with E-state index in [1.807, 2.05) is 26.0 Å². The lowest BCUT2D eigenvalue weighted by atomic mass is 10.0. The third-order valence-corrected chi connectivity index (χ3v) is 5.69. The fourth-order valence-corrected chi connectivity index (χ4v) is 3.84. The van der Waals surface area contributed by atoms with Gasteiger partial charge in [0.1, 0.15) is 23.2 Å². The third-order valence-electron chi connectivity index (χ3n) is 5.69. The Balaban J connectivity index is 1.50. The molecule has 0 radical (unpaired) electrons. The smallest absolute Gasteiger partial charge is 0.326 e. The number of nitrogens with one attached hydrogen (secondary N) is 1. The van der Waals surface area contributed by atoms with Crippen LogP contribution in [-0.2, 0) is 11.2 Å². The van der Waals surface area contributed by atoms with E-state index in [0.717, 1.165) is 16.3 Å². The van der Waals surface area contributed by atoms with Gasteiger partial charge in [-0.2, -0.15) is 0 Å². The number of carbonyl (C=O) groups is 1. The Morgan fingerprint density at radius 1 is 1.06 bits per heavy atom. The Morgan fingerprint density at radius 3 is 2.47 bits per heavy atom. The van der Waals surface area contributed by atoms with E-state index in [-0.39, 0.29) is 17.8 Å². The van der Waals surface area contributed by atoms with Crippen LogP contribution in [0.15, 0.2) is 64.6 Å². The van der Waals surface area contributed by atoms with Gasteiger partial charge >= 0.3 is 5.97 Å². The van der Waals surface area contributed by atoms with Gasteiger partial charge < -0.3 is 20.1 Å². The molecule has 2 N–H and O–H groups in total. The molecule has 0 aliphatic rings. The quantitative estimate of drug-likeness (QED) is 0.344. The van der Waals surface area contributed by atoms with Crippen LogP contribution in [0.3, 0.4) is 0 Å². The van der Waals surface area contributed by atoms with E-state index in [2.05, 4.69) is 15.3 Å². The number of anilines is 2. The Labute approximate surface area is 195 Å². The van der Waals surface area contributed by atoms with Crippen LogP contribution >= 0.6 is 0 Å². The summed E-state index contributed by atoms with van der Waals surface area (Å²) in [6.45, 7) is 4.81. The molecule has 9 heteroatoms. The predicted molar refractivity (Wildman–Crippen MR) is 130 cm³/mol. The summed E-state index contributed by atoms with van der Waals surface area (Å²) in [6.07, 6.45) is 5.16. The number of hydrogen-bond acceptors (Lipinski definition) is 8. The number of ether oxygens (including phenoxy) is 1. The standard InChI is InChI=1S/C25H24N4O5/c1-3-29(4-2)21-20(22(30)23(21)31)28-19(25(32)33)13-15-5-7-17(8-6-15)34-24-18-10-11-26-14-16(18)9-12-27-24/h5-12,14,19,28H,3-4,13H2,1-2H3,(H,32,33)/t19-/m0/s1. The average molecular weight is 460 g/mol. The van der Waals surface area contributed by atoms with E-state index < -0.39 is 22.9 Å². The van der Waals surface area contributed by atoms with E-state index in [0.29, 0.717) is 24.7 Å². The summed E-state index contributed by atoms with van der Waals surface area (Å²) >= 11 is 0. The van der Waals surface area contributed by atoms with Crippen molar-refractivity contribution in [2.75, 3.05) is 23.3 Å². The van der Waals surface area contributed by atoms with Gasteiger partial charge in [0.15, 0.2) is 0 Å². The van der Waals surface area contributed by atoms with Gasteiger partial charge in [0.05, 0.1) is 0 Å². The molecular weight excluding hydrogens is 436 g/mol. The highest BCUT2D eigenvalue weighted by atomic mass is 16.5. The van der Waals surface area contributed by atoms with E-state index >= 15 is 0 Å².